The van der Waals surface area contributed by atoms with Crippen LogP contribution in [-0.2, 0) is 0 Å². The fraction of sp³-hybridized carbons (Fsp3) is 0.571. The predicted octanol–water partition coefficient (Wildman–Crippen LogP) is 1.63. The molecule has 5 nitrogen and oxygen atoms in total. The molecule has 1 heterocycles. The molecule has 0 spiro atoms. The Morgan fingerprint density at radius 2 is 2.16 bits per heavy atom. The van der Waals surface area contributed by atoms with E-state index >= 15 is 0 Å². The number of likely N-dealkylation sites (N-methyl/N-ethyl adjacent to an activating group) is 1. The Morgan fingerprint density at radius 3 is 2.68 bits per heavy atom. The highest BCUT2D eigenvalue weighted by atomic mass is 16.1. The van der Waals surface area contributed by atoms with Gasteiger partial charge in [-0.2, -0.15) is 0 Å². The SMILES string of the molecule is CCC[C@H](CNc1nc(C)ccc1C(N)=O)N(C)C. The number of primary amides is 1. The van der Waals surface area contributed by atoms with Crippen molar-refractivity contribution in [3.63, 3.8) is 0 Å². The Hall–Kier alpha value is -1.62. The van der Waals surface area contributed by atoms with Crippen molar-refractivity contribution in [1.82, 2.24) is 9.88 Å². The van der Waals surface area contributed by atoms with E-state index in [-0.39, 0.29) is 0 Å². The van der Waals surface area contributed by atoms with Crippen LogP contribution >= 0.6 is 0 Å². The van der Waals surface area contributed by atoms with Crippen LogP contribution in [0.3, 0.4) is 0 Å². The summed E-state index contributed by atoms with van der Waals surface area (Å²) in [6.45, 7) is 4.80. The largest absolute Gasteiger partial charge is 0.368 e. The topological polar surface area (TPSA) is 71.2 Å². The second-order valence-corrected chi connectivity index (χ2v) is 5.00. The van der Waals surface area contributed by atoms with Crippen LogP contribution in [0.2, 0.25) is 0 Å². The third-order valence-corrected chi connectivity index (χ3v) is 3.16. The van der Waals surface area contributed by atoms with Gasteiger partial charge in [0.05, 0.1) is 5.56 Å². The van der Waals surface area contributed by atoms with Crippen molar-refractivity contribution in [3.8, 4) is 0 Å². The molecule has 0 fully saturated rings. The molecule has 0 aliphatic carbocycles. The van der Waals surface area contributed by atoms with Gasteiger partial charge in [-0.05, 0) is 39.6 Å². The highest BCUT2D eigenvalue weighted by Crippen LogP contribution is 2.14. The quantitative estimate of drug-likeness (QED) is 0.785. The van der Waals surface area contributed by atoms with E-state index in [0.29, 0.717) is 17.4 Å². The standard InChI is InChI=1S/C14H24N4O/c1-5-6-11(18(3)4)9-16-14-12(13(15)19)8-7-10(2)17-14/h7-8,11H,5-6,9H2,1-4H3,(H2,15,19)(H,16,17)/t11-/m1/s1. The number of hydrogen-bond acceptors (Lipinski definition) is 4. The molecule has 0 aromatic carbocycles. The number of amides is 1. The van der Waals surface area contributed by atoms with Crippen LogP contribution in [0.25, 0.3) is 0 Å². The van der Waals surface area contributed by atoms with E-state index < -0.39 is 5.91 Å². The summed E-state index contributed by atoms with van der Waals surface area (Å²) in [7, 11) is 4.11. The summed E-state index contributed by atoms with van der Waals surface area (Å²) in [5.41, 5.74) is 6.67. The minimum Gasteiger partial charge on any atom is -0.368 e. The Labute approximate surface area is 115 Å². The van der Waals surface area contributed by atoms with E-state index in [0.717, 1.165) is 25.1 Å². The van der Waals surface area contributed by atoms with E-state index in [1.54, 1.807) is 12.1 Å². The van der Waals surface area contributed by atoms with E-state index in [2.05, 4.69) is 36.2 Å². The van der Waals surface area contributed by atoms with Gasteiger partial charge in [0.15, 0.2) is 0 Å². The summed E-state index contributed by atoms with van der Waals surface area (Å²) in [4.78, 5) is 17.9. The smallest absolute Gasteiger partial charge is 0.252 e. The van der Waals surface area contributed by atoms with Crippen LogP contribution in [0.1, 0.15) is 35.8 Å². The molecular weight excluding hydrogens is 240 g/mol. The van der Waals surface area contributed by atoms with Gasteiger partial charge in [-0.25, -0.2) is 4.98 Å². The summed E-state index contributed by atoms with van der Waals surface area (Å²) in [5, 5.41) is 3.25. The first-order valence-corrected chi connectivity index (χ1v) is 6.63. The lowest BCUT2D eigenvalue weighted by Gasteiger charge is -2.24. The van der Waals surface area contributed by atoms with E-state index in [1.807, 2.05) is 6.92 Å². The molecule has 0 aliphatic rings. The molecule has 3 N–H and O–H groups in total. The fourth-order valence-corrected chi connectivity index (χ4v) is 1.98. The van der Waals surface area contributed by atoms with Gasteiger partial charge in [0.25, 0.3) is 5.91 Å². The number of carbonyl (C=O) groups is 1. The molecule has 0 radical (unpaired) electrons. The number of nitrogens with zero attached hydrogens (tertiary/aromatic N) is 2. The Morgan fingerprint density at radius 1 is 1.47 bits per heavy atom. The van der Waals surface area contributed by atoms with Crippen LogP contribution in [-0.4, -0.2) is 42.5 Å². The van der Waals surface area contributed by atoms with Crippen molar-refractivity contribution in [3.05, 3.63) is 23.4 Å². The van der Waals surface area contributed by atoms with Gasteiger partial charge in [-0.3, -0.25) is 4.79 Å². The molecule has 19 heavy (non-hydrogen) atoms. The molecule has 1 aromatic rings. The first-order chi connectivity index (χ1) is 8.95. The van der Waals surface area contributed by atoms with Crippen molar-refractivity contribution in [2.75, 3.05) is 26.0 Å². The molecule has 0 saturated carbocycles. The molecule has 0 saturated heterocycles. The zero-order valence-electron chi connectivity index (χ0n) is 12.2. The first kappa shape index (κ1) is 15.4. The van der Waals surface area contributed by atoms with Gasteiger partial charge in [-0.15, -0.1) is 0 Å². The zero-order chi connectivity index (χ0) is 14.4. The summed E-state index contributed by atoms with van der Waals surface area (Å²) in [6, 6.07) is 3.92. The third-order valence-electron chi connectivity index (χ3n) is 3.16. The number of rotatable bonds is 7. The van der Waals surface area contributed by atoms with Gasteiger partial charge in [0.1, 0.15) is 5.82 Å². The van der Waals surface area contributed by atoms with Crippen LogP contribution in [0.15, 0.2) is 12.1 Å². The van der Waals surface area contributed by atoms with Crippen LogP contribution < -0.4 is 11.1 Å². The lowest BCUT2D eigenvalue weighted by molar-refractivity contribution is 0.100. The normalized spacial score (nSPS) is 12.5. The van der Waals surface area contributed by atoms with Gasteiger partial charge < -0.3 is 16.0 Å². The van der Waals surface area contributed by atoms with E-state index in [4.69, 9.17) is 5.73 Å². The van der Waals surface area contributed by atoms with Crippen molar-refractivity contribution in [1.29, 1.82) is 0 Å². The Kier molecular flexibility index (Phi) is 5.76. The molecule has 1 rings (SSSR count). The summed E-state index contributed by atoms with van der Waals surface area (Å²) >= 11 is 0. The van der Waals surface area contributed by atoms with Gasteiger partial charge in [0, 0.05) is 18.3 Å². The maximum absolute atomic E-state index is 11.4. The summed E-state index contributed by atoms with van der Waals surface area (Å²) in [6.07, 6.45) is 2.21. The average molecular weight is 264 g/mol. The van der Waals surface area contributed by atoms with Crippen molar-refractivity contribution in [2.24, 2.45) is 5.73 Å². The number of aryl methyl sites for hydroxylation is 1. The number of aromatic nitrogens is 1. The molecular formula is C14H24N4O. The lowest BCUT2D eigenvalue weighted by Crippen LogP contribution is -2.35. The second-order valence-electron chi connectivity index (χ2n) is 5.00. The van der Waals surface area contributed by atoms with Crippen LogP contribution in [0.4, 0.5) is 5.82 Å². The molecule has 0 aliphatic heterocycles. The van der Waals surface area contributed by atoms with Crippen molar-refractivity contribution >= 4 is 11.7 Å². The van der Waals surface area contributed by atoms with E-state index in [1.165, 1.54) is 0 Å². The molecule has 0 unspecified atom stereocenters. The second kappa shape index (κ2) is 7.09. The highest BCUT2D eigenvalue weighted by Gasteiger charge is 2.13. The van der Waals surface area contributed by atoms with Gasteiger partial charge in [0.2, 0.25) is 0 Å². The Balaban J connectivity index is 2.80. The van der Waals surface area contributed by atoms with Crippen molar-refractivity contribution < 1.29 is 4.79 Å². The maximum atomic E-state index is 11.4. The monoisotopic (exact) mass is 264 g/mol. The summed E-state index contributed by atoms with van der Waals surface area (Å²) in [5.74, 6) is 0.127. The molecule has 0 bridgehead atoms. The molecule has 5 heteroatoms. The predicted molar refractivity (Wildman–Crippen MR) is 78.4 cm³/mol. The Bertz CT molecular complexity index is 431. The third kappa shape index (κ3) is 4.52. The minimum absolute atomic E-state index is 0.410. The highest BCUT2D eigenvalue weighted by molar-refractivity contribution is 5.97. The van der Waals surface area contributed by atoms with Gasteiger partial charge in [-0.1, -0.05) is 13.3 Å². The first-order valence-electron chi connectivity index (χ1n) is 6.63. The number of nitrogens with one attached hydrogen (secondary N) is 1. The zero-order valence-corrected chi connectivity index (χ0v) is 12.2. The number of pyridine rings is 1. The molecule has 1 amide bonds. The fourth-order valence-electron chi connectivity index (χ4n) is 1.98. The number of anilines is 1. The molecule has 106 valence electrons. The average Bonchev–Trinajstić information content (AvgIpc) is 2.33. The summed E-state index contributed by atoms with van der Waals surface area (Å²) < 4.78 is 0. The van der Waals surface area contributed by atoms with Crippen LogP contribution in [0, 0.1) is 6.92 Å². The number of carbonyl (C=O) groups excluding carboxylic acids is 1. The molecule has 1 aromatic heterocycles. The minimum atomic E-state index is -0.452. The lowest BCUT2D eigenvalue weighted by atomic mass is 10.1. The maximum Gasteiger partial charge on any atom is 0.252 e. The van der Waals surface area contributed by atoms with Gasteiger partial charge >= 0.3 is 0 Å². The van der Waals surface area contributed by atoms with E-state index in [9.17, 15) is 4.79 Å². The van der Waals surface area contributed by atoms with Crippen LogP contribution in [0.5, 0.6) is 0 Å². The number of nitrogens with two attached hydrogens (primary N) is 1. The van der Waals surface area contributed by atoms with Crippen molar-refractivity contribution in [2.45, 2.75) is 32.7 Å². The number of hydrogen-bond donors (Lipinski definition) is 2. The molecule has 1 atom stereocenters.